The summed E-state index contributed by atoms with van der Waals surface area (Å²) in [7, 11) is 3.94. The fraction of sp³-hybridized carbons (Fsp3) is 0.588. The van der Waals surface area contributed by atoms with Gasteiger partial charge in [-0.2, -0.15) is 0 Å². The molecule has 0 aromatic carbocycles. The third-order valence-electron chi connectivity index (χ3n) is 5.00. The second-order valence-electron chi connectivity index (χ2n) is 6.86. The lowest BCUT2D eigenvalue weighted by molar-refractivity contribution is -0.116. The Morgan fingerprint density at radius 3 is 2.92 bits per heavy atom. The molecule has 2 aromatic heterocycles. The Hall–Kier alpha value is -1.73. The molecule has 1 aliphatic carbocycles. The Balaban J connectivity index is 1.45. The van der Waals surface area contributed by atoms with Gasteiger partial charge in [0.25, 0.3) is 0 Å². The molecular formula is C17H23N5OS. The summed E-state index contributed by atoms with van der Waals surface area (Å²) in [6, 6.07) is 0. The maximum absolute atomic E-state index is 11.4. The van der Waals surface area contributed by atoms with Crippen molar-refractivity contribution in [2.75, 3.05) is 18.5 Å². The fourth-order valence-electron chi connectivity index (χ4n) is 3.33. The van der Waals surface area contributed by atoms with Gasteiger partial charge in [0, 0.05) is 64.1 Å². The number of carbonyl (C=O) groups is 1. The number of fused-ring (bicyclic) bond motifs is 1. The first-order valence-corrected chi connectivity index (χ1v) is 9.36. The van der Waals surface area contributed by atoms with Crippen LogP contribution in [-0.2, 0) is 31.4 Å². The van der Waals surface area contributed by atoms with Crippen molar-refractivity contribution >= 4 is 22.4 Å². The number of anilines is 1. The molecule has 0 bridgehead atoms. The molecule has 2 aliphatic rings. The van der Waals surface area contributed by atoms with Gasteiger partial charge in [0.1, 0.15) is 5.82 Å². The van der Waals surface area contributed by atoms with Crippen molar-refractivity contribution in [3.63, 3.8) is 0 Å². The lowest BCUT2D eigenvalue weighted by atomic mass is 10.1. The number of imidazole rings is 1. The smallest absolute Gasteiger partial charge is 0.225 e. The van der Waals surface area contributed by atoms with Gasteiger partial charge in [-0.15, -0.1) is 11.3 Å². The standard InChI is InChI=1S/C17H23N5OS/c1-11(23)20(2)17-18-13(10-24-17)8-22-7-6-15-14(9-22)19-16(21(15)3)12-4-5-12/h10,12H,4-9H2,1-3H3. The van der Waals surface area contributed by atoms with Crippen molar-refractivity contribution in [1.29, 1.82) is 0 Å². The molecule has 24 heavy (non-hydrogen) atoms. The predicted octanol–water partition coefficient (Wildman–Crippen LogP) is 2.29. The molecule has 0 atom stereocenters. The zero-order valence-corrected chi connectivity index (χ0v) is 15.3. The number of nitrogens with zero attached hydrogens (tertiary/aromatic N) is 5. The molecule has 1 saturated carbocycles. The van der Waals surface area contributed by atoms with Gasteiger partial charge in [-0.25, -0.2) is 9.97 Å². The summed E-state index contributed by atoms with van der Waals surface area (Å²) in [6.07, 6.45) is 3.63. The van der Waals surface area contributed by atoms with E-state index >= 15 is 0 Å². The quantitative estimate of drug-likeness (QED) is 0.853. The maximum atomic E-state index is 11.4. The molecule has 0 radical (unpaired) electrons. The van der Waals surface area contributed by atoms with Crippen LogP contribution < -0.4 is 4.90 Å². The Labute approximate surface area is 146 Å². The number of thiazole rings is 1. The number of aromatic nitrogens is 3. The molecule has 3 heterocycles. The molecule has 7 heteroatoms. The van der Waals surface area contributed by atoms with Gasteiger partial charge < -0.3 is 4.57 Å². The molecule has 1 amide bonds. The summed E-state index contributed by atoms with van der Waals surface area (Å²) >= 11 is 1.53. The van der Waals surface area contributed by atoms with E-state index < -0.39 is 0 Å². The van der Waals surface area contributed by atoms with Crippen molar-refractivity contribution in [3.05, 3.63) is 28.3 Å². The van der Waals surface area contributed by atoms with Gasteiger partial charge in [-0.05, 0) is 12.8 Å². The highest BCUT2D eigenvalue weighted by atomic mass is 32.1. The average Bonchev–Trinajstić information content (AvgIpc) is 3.21. The molecule has 2 aromatic rings. The highest BCUT2D eigenvalue weighted by molar-refractivity contribution is 7.14. The van der Waals surface area contributed by atoms with E-state index in [1.54, 1.807) is 18.9 Å². The van der Waals surface area contributed by atoms with E-state index in [-0.39, 0.29) is 5.91 Å². The number of carbonyl (C=O) groups excluding carboxylic acids is 1. The fourth-order valence-corrected chi connectivity index (χ4v) is 4.16. The predicted molar refractivity (Wildman–Crippen MR) is 94.2 cm³/mol. The normalized spacial score (nSPS) is 17.8. The molecule has 0 saturated heterocycles. The zero-order valence-electron chi connectivity index (χ0n) is 14.4. The van der Waals surface area contributed by atoms with Crippen LogP contribution in [0.3, 0.4) is 0 Å². The number of hydrogen-bond donors (Lipinski definition) is 0. The third kappa shape index (κ3) is 2.86. The minimum atomic E-state index is 0.0135. The van der Waals surface area contributed by atoms with E-state index in [1.807, 2.05) is 0 Å². The summed E-state index contributed by atoms with van der Waals surface area (Å²) < 4.78 is 2.33. The van der Waals surface area contributed by atoms with Gasteiger partial charge in [0.15, 0.2) is 5.13 Å². The Kier molecular flexibility index (Phi) is 3.92. The van der Waals surface area contributed by atoms with Crippen LogP contribution in [0.2, 0.25) is 0 Å². The summed E-state index contributed by atoms with van der Waals surface area (Å²) in [4.78, 5) is 25.0. The van der Waals surface area contributed by atoms with Crippen LogP contribution in [0.5, 0.6) is 0 Å². The Bertz CT molecular complexity index is 776. The first-order chi connectivity index (χ1) is 11.5. The van der Waals surface area contributed by atoms with Gasteiger partial charge in [0.05, 0.1) is 11.4 Å². The van der Waals surface area contributed by atoms with Crippen LogP contribution in [0.25, 0.3) is 0 Å². The molecule has 128 valence electrons. The molecule has 6 nitrogen and oxygen atoms in total. The minimum Gasteiger partial charge on any atom is -0.335 e. The first-order valence-electron chi connectivity index (χ1n) is 8.48. The highest BCUT2D eigenvalue weighted by Crippen LogP contribution is 2.40. The van der Waals surface area contributed by atoms with Crippen molar-refractivity contribution in [3.8, 4) is 0 Å². The van der Waals surface area contributed by atoms with Gasteiger partial charge in [-0.1, -0.05) is 0 Å². The number of amides is 1. The second-order valence-corrected chi connectivity index (χ2v) is 7.69. The van der Waals surface area contributed by atoms with E-state index in [0.29, 0.717) is 5.92 Å². The SMILES string of the molecule is CC(=O)N(C)c1nc(CN2CCc3c(nc(C4CC4)n3C)C2)cs1. The van der Waals surface area contributed by atoms with Crippen molar-refractivity contribution < 1.29 is 4.79 Å². The Morgan fingerprint density at radius 2 is 2.21 bits per heavy atom. The van der Waals surface area contributed by atoms with Crippen molar-refractivity contribution in [2.24, 2.45) is 7.05 Å². The van der Waals surface area contributed by atoms with E-state index in [4.69, 9.17) is 4.98 Å². The molecule has 0 spiro atoms. The van der Waals surface area contributed by atoms with E-state index in [0.717, 1.165) is 36.9 Å². The third-order valence-corrected chi connectivity index (χ3v) is 5.96. The van der Waals surface area contributed by atoms with Crippen LogP contribution in [0.15, 0.2) is 5.38 Å². The largest absolute Gasteiger partial charge is 0.335 e. The number of hydrogen-bond acceptors (Lipinski definition) is 5. The molecule has 0 unspecified atom stereocenters. The lowest BCUT2D eigenvalue weighted by Gasteiger charge is -2.25. The highest BCUT2D eigenvalue weighted by Gasteiger charge is 2.31. The van der Waals surface area contributed by atoms with Crippen molar-refractivity contribution in [2.45, 2.75) is 45.2 Å². The zero-order chi connectivity index (χ0) is 16.8. The van der Waals surface area contributed by atoms with Crippen LogP contribution >= 0.6 is 11.3 Å². The molecule has 1 aliphatic heterocycles. The first kappa shape index (κ1) is 15.8. The van der Waals surface area contributed by atoms with E-state index in [1.165, 1.54) is 41.4 Å². The summed E-state index contributed by atoms with van der Waals surface area (Å²) in [5.74, 6) is 1.98. The maximum Gasteiger partial charge on any atom is 0.225 e. The van der Waals surface area contributed by atoms with Gasteiger partial charge in [0.2, 0.25) is 5.91 Å². The summed E-state index contributed by atoms with van der Waals surface area (Å²) in [6.45, 7) is 4.31. The van der Waals surface area contributed by atoms with E-state index in [2.05, 4.69) is 26.9 Å². The van der Waals surface area contributed by atoms with Crippen LogP contribution in [0, 0.1) is 0 Å². The van der Waals surface area contributed by atoms with E-state index in [9.17, 15) is 4.79 Å². The van der Waals surface area contributed by atoms with Gasteiger partial charge >= 0.3 is 0 Å². The lowest BCUT2D eigenvalue weighted by Crippen LogP contribution is -2.31. The molecule has 0 N–H and O–H groups in total. The summed E-state index contributed by atoms with van der Waals surface area (Å²) in [5, 5.41) is 2.82. The summed E-state index contributed by atoms with van der Waals surface area (Å²) in [5.41, 5.74) is 3.68. The van der Waals surface area contributed by atoms with Crippen LogP contribution in [0.1, 0.15) is 48.6 Å². The Morgan fingerprint density at radius 1 is 1.42 bits per heavy atom. The van der Waals surface area contributed by atoms with Crippen LogP contribution in [-0.4, -0.2) is 38.9 Å². The molecular weight excluding hydrogens is 322 g/mol. The van der Waals surface area contributed by atoms with Crippen LogP contribution in [0.4, 0.5) is 5.13 Å². The number of rotatable bonds is 4. The topological polar surface area (TPSA) is 54.3 Å². The van der Waals surface area contributed by atoms with Gasteiger partial charge in [-0.3, -0.25) is 14.6 Å². The molecule has 4 rings (SSSR count). The van der Waals surface area contributed by atoms with Crippen molar-refractivity contribution in [1.82, 2.24) is 19.4 Å². The molecule has 1 fully saturated rings. The second kappa shape index (κ2) is 5.97. The average molecular weight is 345 g/mol. The minimum absolute atomic E-state index is 0.0135. The monoisotopic (exact) mass is 345 g/mol.